The summed E-state index contributed by atoms with van der Waals surface area (Å²) in [6, 6.07) is 13.8. The zero-order valence-electron chi connectivity index (χ0n) is 20.6. The van der Waals surface area contributed by atoms with Gasteiger partial charge in [-0.2, -0.15) is 5.26 Å². The summed E-state index contributed by atoms with van der Waals surface area (Å²) >= 11 is 1.49. The van der Waals surface area contributed by atoms with Crippen LogP contribution in [-0.4, -0.2) is 28.0 Å². The number of fused-ring (bicyclic) bond motifs is 1. The summed E-state index contributed by atoms with van der Waals surface area (Å²) in [5, 5.41) is 23.2. The van der Waals surface area contributed by atoms with E-state index in [4.69, 9.17) is 4.74 Å². The van der Waals surface area contributed by atoms with Gasteiger partial charge in [0.15, 0.2) is 0 Å². The molecule has 5 rings (SSSR count). The van der Waals surface area contributed by atoms with E-state index in [1.54, 1.807) is 13.0 Å². The minimum Gasteiger partial charge on any atom is -0.490 e. The summed E-state index contributed by atoms with van der Waals surface area (Å²) in [4.78, 5) is 24.2. The number of hydrogen-bond donors (Lipinski definition) is 1. The summed E-state index contributed by atoms with van der Waals surface area (Å²) in [5.74, 6) is 0.765. The summed E-state index contributed by atoms with van der Waals surface area (Å²) in [6.07, 6.45) is 3.00. The van der Waals surface area contributed by atoms with E-state index in [0.717, 1.165) is 39.5 Å². The Bertz CT molecular complexity index is 1370. The van der Waals surface area contributed by atoms with Gasteiger partial charge < -0.3 is 10.1 Å². The Morgan fingerprint density at radius 1 is 1.14 bits per heavy atom. The van der Waals surface area contributed by atoms with Crippen molar-refractivity contribution in [2.45, 2.75) is 58.6 Å². The Morgan fingerprint density at radius 2 is 1.92 bits per heavy atom. The van der Waals surface area contributed by atoms with Gasteiger partial charge in [0.1, 0.15) is 27.6 Å². The summed E-state index contributed by atoms with van der Waals surface area (Å²) in [5.41, 5.74) is 4.65. The topological polar surface area (TPSA) is 105 Å². The lowest BCUT2D eigenvalue weighted by Gasteiger charge is -2.33. The number of benzene rings is 2. The summed E-state index contributed by atoms with van der Waals surface area (Å²) in [7, 11) is 0. The van der Waals surface area contributed by atoms with Crippen LogP contribution in [0, 0.1) is 23.2 Å². The molecule has 0 saturated heterocycles. The quantitative estimate of drug-likeness (QED) is 0.475. The van der Waals surface area contributed by atoms with Crippen molar-refractivity contribution in [3.05, 3.63) is 53.1 Å². The van der Waals surface area contributed by atoms with E-state index in [1.807, 2.05) is 32.0 Å². The highest BCUT2D eigenvalue weighted by molar-refractivity contribution is 7.17. The normalized spacial score (nSPS) is 20.4. The molecule has 1 amide bonds. The van der Waals surface area contributed by atoms with Crippen LogP contribution >= 0.6 is 11.3 Å². The van der Waals surface area contributed by atoms with Crippen molar-refractivity contribution in [3.63, 3.8) is 0 Å². The maximum Gasteiger partial charge on any atom is 0.223 e. The third kappa shape index (κ3) is 4.63. The number of hydrogen-bond acceptors (Lipinski definition) is 7. The second kappa shape index (κ2) is 9.82. The zero-order valence-corrected chi connectivity index (χ0v) is 21.4. The first-order chi connectivity index (χ1) is 17.3. The molecule has 1 aromatic heterocycles. The van der Waals surface area contributed by atoms with Gasteiger partial charge in [0.05, 0.1) is 17.7 Å². The van der Waals surface area contributed by atoms with Crippen LogP contribution < -0.4 is 10.1 Å². The van der Waals surface area contributed by atoms with E-state index in [2.05, 4.69) is 33.7 Å². The molecule has 0 unspecified atom stereocenters. The van der Waals surface area contributed by atoms with Crippen LogP contribution in [0.5, 0.6) is 5.75 Å². The molecule has 2 aliphatic carbocycles. The molecule has 7 nitrogen and oxygen atoms in total. The Kier molecular flexibility index (Phi) is 6.59. The van der Waals surface area contributed by atoms with Crippen LogP contribution in [0.15, 0.2) is 36.4 Å². The minimum atomic E-state index is -0.0625. The molecule has 1 atom stereocenters. The van der Waals surface area contributed by atoms with Crippen molar-refractivity contribution >= 4 is 23.0 Å². The Morgan fingerprint density at radius 3 is 2.64 bits per heavy atom. The van der Waals surface area contributed by atoms with Crippen LogP contribution in [0.3, 0.4) is 0 Å². The SMILES string of the molecule is CC(=O)C1CC(C(=O)N[C@H]2CCc3c(-c4nnc(-c5ccc(OC(C)C)c(C#N)c5)s4)cccc32)C1. The van der Waals surface area contributed by atoms with Crippen molar-refractivity contribution in [2.24, 2.45) is 11.8 Å². The second-order valence-electron chi connectivity index (χ2n) is 9.85. The van der Waals surface area contributed by atoms with E-state index in [1.165, 1.54) is 16.9 Å². The molecule has 3 aromatic rings. The van der Waals surface area contributed by atoms with Gasteiger partial charge >= 0.3 is 0 Å². The first kappa shape index (κ1) is 24.1. The van der Waals surface area contributed by atoms with Crippen molar-refractivity contribution in [2.75, 3.05) is 0 Å². The maximum atomic E-state index is 12.7. The van der Waals surface area contributed by atoms with Crippen molar-refractivity contribution in [1.29, 1.82) is 5.26 Å². The first-order valence-corrected chi connectivity index (χ1v) is 13.1. The molecule has 36 heavy (non-hydrogen) atoms. The van der Waals surface area contributed by atoms with Gasteiger partial charge in [-0.15, -0.1) is 10.2 Å². The molecule has 0 spiro atoms. The van der Waals surface area contributed by atoms with Gasteiger partial charge in [-0.3, -0.25) is 9.59 Å². The van der Waals surface area contributed by atoms with Crippen LogP contribution in [0.4, 0.5) is 0 Å². The Balaban J connectivity index is 1.34. The third-order valence-electron chi connectivity index (χ3n) is 7.04. The number of nitrogens with one attached hydrogen (secondary N) is 1. The lowest BCUT2D eigenvalue weighted by atomic mass is 9.72. The number of carbonyl (C=O) groups excluding carboxylic acids is 2. The number of rotatable bonds is 7. The molecular weight excluding hydrogens is 472 g/mol. The standard InChI is InChI=1S/C28H28N4O3S/c1-15(2)35-25-10-7-17(11-20(25)14-29)27-31-32-28(36-27)23-6-4-5-22-21(23)8-9-24(22)30-26(34)19-12-18(13-19)16(3)33/h4-7,10-11,15,18-19,24H,8-9,12-13H2,1-3H3,(H,30,34)/t18?,19?,24-/m0/s1. The molecule has 0 aliphatic heterocycles. The summed E-state index contributed by atoms with van der Waals surface area (Å²) < 4.78 is 5.73. The molecule has 8 heteroatoms. The third-order valence-corrected chi connectivity index (χ3v) is 8.04. The molecule has 1 fully saturated rings. The molecule has 1 saturated carbocycles. The molecule has 2 aliphatic rings. The number of amides is 1. The lowest BCUT2D eigenvalue weighted by Crippen LogP contribution is -2.41. The average molecular weight is 501 g/mol. The molecule has 1 N–H and O–H groups in total. The largest absolute Gasteiger partial charge is 0.490 e. The van der Waals surface area contributed by atoms with Crippen LogP contribution in [0.1, 0.15) is 62.8 Å². The van der Waals surface area contributed by atoms with Crippen LogP contribution in [-0.2, 0) is 16.0 Å². The fourth-order valence-corrected chi connectivity index (χ4v) is 5.91. The zero-order chi connectivity index (χ0) is 25.4. The van der Waals surface area contributed by atoms with E-state index in [-0.39, 0.29) is 35.7 Å². The van der Waals surface area contributed by atoms with E-state index < -0.39 is 0 Å². The minimum absolute atomic E-state index is 0.0176. The van der Waals surface area contributed by atoms with Crippen molar-refractivity contribution < 1.29 is 14.3 Å². The molecule has 0 bridgehead atoms. The predicted octanol–water partition coefficient (Wildman–Crippen LogP) is 5.25. The van der Waals surface area contributed by atoms with Gasteiger partial charge in [0.2, 0.25) is 5.91 Å². The summed E-state index contributed by atoms with van der Waals surface area (Å²) in [6.45, 7) is 5.46. The monoisotopic (exact) mass is 500 g/mol. The number of nitrogens with zero attached hydrogens (tertiary/aromatic N) is 3. The van der Waals surface area contributed by atoms with Gasteiger partial charge in [0.25, 0.3) is 0 Å². The Labute approximate surface area is 214 Å². The number of ether oxygens (including phenoxy) is 1. The van der Waals surface area contributed by atoms with E-state index in [9.17, 15) is 14.9 Å². The molecular formula is C28H28N4O3S. The van der Waals surface area contributed by atoms with Gasteiger partial charge in [-0.1, -0.05) is 29.5 Å². The molecule has 184 valence electrons. The van der Waals surface area contributed by atoms with Gasteiger partial charge in [0, 0.05) is 23.0 Å². The molecule has 2 aromatic carbocycles. The molecule has 1 heterocycles. The average Bonchev–Trinajstić information content (AvgIpc) is 3.45. The van der Waals surface area contributed by atoms with Gasteiger partial charge in [-0.25, -0.2) is 0 Å². The highest BCUT2D eigenvalue weighted by Gasteiger charge is 2.38. The van der Waals surface area contributed by atoms with Crippen molar-refractivity contribution in [3.8, 4) is 33.0 Å². The van der Waals surface area contributed by atoms with Crippen LogP contribution in [0.25, 0.3) is 21.1 Å². The Hall–Kier alpha value is -3.57. The smallest absolute Gasteiger partial charge is 0.223 e. The fraction of sp³-hybridized carbons (Fsp3) is 0.393. The fourth-order valence-electron chi connectivity index (χ4n) is 5.01. The predicted molar refractivity (Wildman–Crippen MR) is 137 cm³/mol. The second-order valence-corrected chi connectivity index (χ2v) is 10.8. The number of nitriles is 1. The highest BCUT2D eigenvalue weighted by atomic mass is 32.1. The number of Topliss-reactive ketones (excluding diaryl/α,β-unsaturated/α-hetero) is 1. The van der Waals surface area contributed by atoms with Crippen LogP contribution in [0.2, 0.25) is 0 Å². The number of aromatic nitrogens is 2. The first-order valence-electron chi connectivity index (χ1n) is 12.3. The lowest BCUT2D eigenvalue weighted by molar-refractivity contribution is -0.134. The van der Waals surface area contributed by atoms with Gasteiger partial charge in [-0.05, 0) is 75.8 Å². The molecule has 0 radical (unpaired) electrons. The van der Waals surface area contributed by atoms with Crippen molar-refractivity contribution in [1.82, 2.24) is 15.5 Å². The van der Waals surface area contributed by atoms with E-state index in [0.29, 0.717) is 24.2 Å². The number of ketones is 1. The number of carbonyl (C=O) groups is 2. The maximum absolute atomic E-state index is 12.7. The van der Waals surface area contributed by atoms with E-state index >= 15 is 0 Å². The highest BCUT2D eigenvalue weighted by Crippen LogP contribution is 2.41.